The smallest absolute Gasteiger partial charge is 0.218 e. The van der Waals surface area contributed by atoms with Gasteiger partial charge in [-0.1, -0.05) is 12.1 Å². The second-order valence-electron chi connectivity index (χ2n) is 8.09. The Morgan fingerprint density at radius 2 is 2.17 bits per heavy atom. The Labute approximate surface area is 176 Å². The molecule has 1 unspecified atom stereocenters. The number of benzene rings is 1. The quantitative estimate of drug-likeness (QED) is 0.607. The molecule has 4 rings (SSSR count). The van der Waals surface area contributed by atoms with Crippen LogP contribution in [0.2, 0.25) is 0 Å². The fourth-order valence-electron chi connectivity index (χ4n) is 4.52. The number of aryl methyl sites for hydroxylation is 1. The molecule has 1 aliphatic rings. The SMILES string of the molecule is COCCn1c(C)cc(C(=O)C[NH+]2CCC[C@@H](c3nc4ccccc4s3)C2)c1C. The highest BCUT2D eigenvalue weighted by Gasteiger charge is 2.29. The number of ketones is 1. The van der Waals surface area contributed by atoms with Crippen LogP contribution in [0.25, 0.3) is 10.2 Å². The van der Waals surface area contributed by atoms with Crippen molar-refractivity contribution in [2.24, 2.45) is 0 Å². The molecule has 0 amide bonds. The number of fused-ring (bicyclic) bond motifs is 1. The normalized spacial score (nSPS) is 19.7. The standard InChI is InChI=1S/C23H29N3O2S/c1-16-13-19(17(2)26(16)11-12-28-3)21(27)15-25-10-6-7-18(14-25)23-24-20-8-4-5-9-22(20)29-23/h4-5,8-9,13,18H,6-7,10-12,14-15H2,1-3H3/p+1/t18-/m1/s1. The van der Waals surface area contributed by atoms with E-state index in [4.69, 9.17) is 9.72 Å². The fraction of sp³-hybridized carbons (Fsp3) is 0.478. The molecule has 2 atom stereocenters. The molecule has 0 aliphatic carbocycles. The Kier molecular flexibility index (Phi) is 6.13. The molecule has 0 radical (unpaired) electrons. The molecule has 3 aromatic rings. The van der Waals surface area contributed by atoms with Crippen molar-refractivity contribution in [2.75, 3.05) is 33.4 Å². The van der Waals surface area contributed by atoms with E-state index in [-0.39, 0.29) is 5.78 Å². The molecule has 0 bridgehead atoms. The molecular formula is C23H30N3O2S+. The van der Waals surface area contributed by atoms with E-state index < -0.39 is 0 Å². The summed E-state index contributed by atoms with van der Waals surface area (Å²) in [5.41, 5.74) is 4.15. The van der Waals surface area contributed by atoms with Crippen LogP contribution >= 0.6 is 11.3 Å². The Bertz CT molecular complexity index is 974. The number of thiazole rings is 1. The Hall–Kier alpha value is -2.02. The van der Waals surface area contributed by atoms with Crippen molar-refractivity contribution in [3.63, 3.8) is 0 Å². The lowest BCUT2D eigenvalue weighted by Crippen LogP contribution is -3.14. The van der Waals surface area contributed by atoms with Crippen LogP contribution in [0, 0.1) is 13.8 Å². The number of hydrogen-bond acceptors (Lipinski definition) is 4. The van der Waals surface area contributed by atoms with E-state index in [1.807, 2.05) is 30.4 Å². The van der Waals surface area contributed by atoms with E-state index in [9.17, 15) is 4.79 Å². The number of rotatable bonds is 7. The summed E-state index contributed by atoms with van der Waals surface area (Å²) in [5.74, 6) is 0.708. The molecule has 1 aliphatic heterocycles. The van der Waals surface area contributed by atoms with E-state index in [2.05, 4.69) is 29.7 Å². The maximum atomic E-state index is 13.1. The van der Waals surface area contributed by atoms with Crippen molar-refractivity contribution in [2.45, 2.75) is 39.2 Å². The van der Waals surface area contributed by atoms with Crippen molar-refractivity contribution in [3.8, 4) is 0 Å². The van der Waals surface area contributed by atoms with E-state index in [1.165, 1.54) is 21.0 Å². The van der Waals surface area contributed by atoms with Crippen LogP contribution < -0.4 is 4.90 Å². The molecule has 29 heavy (non-hydrogen) atoms. The number of ether oxygens (including phenoxy) is 1. The van der Waals surface area contributed by atoms with Gasteiger partial charge in [0.2, 0.25) is 5.78 Å². The first-order chi connectivity index (χ1) is 14.1. The topological polar surface area (TPSA) is 48.6 Å². The van der Waals surface area contributed by atoms with Gasteiger partial charge < -0.3 is 14.2 Å². The van der Waals surface area contributed by atoms with Crippen molar-refractivity contribution >= 4 is 27.3 Å². The van der Waals surface area contributed by atoms with Crippen molar-refractivity contribution in [1.82, 2.24) is 9.55 Å². The molecule has 2 aromatic heterocycles. The van der Waals surface area contributed by atoms with E-state index in [0.717, 1.165) is 48.5 Å². The van der Waals surface area contributed by atoms with Gasteiger partial charge in [0.1, 0.15) is 11.6 Å². The fourth-order valence-corrected chi connectivity index (χ4v) is 5.62. The lowest BCUT2D eigenvalue weighted by molar-refractivity contribution is -0.897. The first-order valence-electron chi connectivity index (χ1n) is 10.4. The van der Waals surface area contributed by atoms with Gasteiger partial charge in [-0.05, 0) is 44.9 Å². The third-order valence-corrected chi connectivity index (χ3v) is 7.28. The van der Waals surface area contributed by atoms with Crippen LogP contribution in [-0.2, 0) is 11.3 Å². The third-order valence-electron chi connectivity index (χ3n) is 6.08. The van der Waals surface area contributed by atoms with Gasteiger partial charge in [0.05, 0.1) is 35.8 Å². The second-order valence-corrected chi connectivity index (χ2v) is 9.15. The van der Waals surface area contributed by atoms with Crippen LogP contribution in [-0.4, -0.2) is 48.7 Å². The minimum absolute atomic E-state index is 0.252. The molecule has 0 saturated carbocycles. The van der Waals surface area contributed by atoms with E-state index in [0.29, 0.717) is 19.1 Å². The average molecular weight is 413 g/mol. The zero-order chi connectivity index (χ0) is 20.4. The molecule has 5 nitrogen and oxygen atoms in total. The summed E-state index contributed by atoms with van der Waals surface area (Å²) in [5, 5.41) is 1.23. The second kappa shape index (κ2) is 8.78. The van der Waals surface area contributed by atoms with Crippen LogP contribution in [0.4, 0.5) is 0 Å². The highest BCUT2D eigenvalue weighted by molar-refractivity contribution is 7.18. The summed E-state index contributed by atoms with van der Waals surface area (Å²) in [4.78, 5) is 19.3. The molecule has 1 aromatic carbocycles. The molecule has 6 heteroatoms. The van der Waals surface area contributed by atoms with Crippen LogP contribution in [0.15, 0.2) is 30.3 Å². The van der Waals surface area contributed by atoms with Gasteiger partial charge in [0, 0.05) is 30.6 Å². The Balaban J connectivity index is 1.45. The summed E-state index contributed by atoms with van der Waals surface area (Å²) in [6, 6.07) is 10.4. The van der Waals surface area contributed by atoms with E-state index in [1.54, 1.807) is 7.11 Å². The molecule has 1 N–H and O–H groups in total. The Morgan fingerprint density at radius 1 is 1.34 bits per heavy atom. The lowest BCUT2D eigenvalue weighted by Gasteiger charge is -2.28. The minimum Gasteiger partial charge on any atom is -0.383 e. The van der Waals surface area contributed by atoms with Gasteiger partial charge >= 0.3 is 0 Å². The number of methoxy groups -OCH3 is 1. The molecule has 154 valence electrons. The van der Waals surface area contributed by atoms with Crippen molar-refractivity contribution in [3.05, 3.63) is 52.3 Å². The van der Waals surface area contributed by atoms with Gasteiger partial charge in [-0.25, -0.2) is 4.98 Å². The molecule has 1 fully saturated rings. The number of hydrogen-bond donors (Lipinski definition) is 1. The van der Waals surface area contributed by atoms with Gasteiger partial charge in [0.15, 0.2) is 0 Å². The minimum atomic E-state index is 0.252. The predicted octanol–water partition coefficient (Wildman–Crippen LogP) is 3.01. The number of carbonyl (C=O) groups is 1. The summed E-state index contributed by atoms with van der Waals surface area (Å²) in [7, 11) is 1.71. The average Bonchev–Trinajstić information content (AvgIpc) is 3.28. The number of carbonyl (C=O) groups excluding carboxylic acids is 1. The van der Waals surface area contributed by atoms with Gasteiger partial charge in [-0.15, -0.1) is 11.3 Å². The van der Waals surface area contributed by atoms with Crippen LogP contribution in [0.1, 0.15) is 45.5 Å². The number of nitrogens with one attached hydrogen (secondary N) is 1. The summed E-state index contributed by atoms with van der Waals surface area (Å²) in [6.45, 7) is 8.18. The first kappa shape index (κ1) is 20.3. The first-order valence-corrected chi connectivity index (χ1v) is 11.3. The van der Waals surface area contributed by atoms with Crippen molar-refractivity contribution < 1.29 is 14.4 Å². The summed E-state index contributed by atoms with van der Waals surface area (Å²) >= 11 is 1.81. The number of piperidine rings is 1. The van der Waals surface area contributed by atoms with Crippen molar-refractivity contribution in [1.29, 1.82) is 0 Å². The number of nitrogens with zero attached hydrogens (tertiary/aromatic N) is 2. The summed E-state index contributed by atoms with van der Waals surface area (Å²) < 4.78 is 8.65. The number of aromatic nitrogens is 2. The highest BCUT2D eigenvalue weighted by atomic mass is 32.1. The number of likely N-dealkylation sites (tertiary alicyclic amines) is 1. The molecule has 3 heterocycles. The Morgan fingerprint density at radius 3 is 2.97 bits per heavy atom. The molecule has 0 spiro atoms. The van der Waals surface area contributed by atoms with E-state index >= 15 is 0 Å². The number of para-hydroxylation sites is 1. The van der Waals surface area contributed by atoms with Gasteiger partial charge in [-0.3, -0.25) is 4.79 Å². The maximum absolute atomic E-state index is 13.1. The zero-order valence-electron chi connectivity index (χ0n) is 17.5. The highest BCUT2D eigenvalue weighted by Crippen LogP contribution is 2.30. The third kappa shape index (κ3) is 4.29. The number of Topliss-reactive ketones (excluding diaryl/α,β-unsaturated/α-hetero) is 1. The maximum Gasteiger partial charge on any atom is 0.218 e. The predicted molar refractivity (Wildman–Crippen MR) is 117 cm³/mol. The van der Waals surface area contributed by atoms with Crippen LogP contribution in [0.3, 0.4) is 0 Å². The summed E-state index contributed by atoms with van der Waals surface area (Å²) in [6.07, 6.45) is 2.32. The zero-order valence-corrected chi connectivity index (χ0v) is 18.3. The molecular weight excluding hydrogens is 382 g/mol. The van der Waals surface area contributed by atoms with Crippen LogP contribution in [0.5, 0.6) is 0 Å². The number of quaternary nitrogens is 1. The largest absolute Gasteiger partial charge is 0.383 e. The van der Waals surface area contributed by atoms with Gasteiger partial charge in [-0.2, -0.15) is 0 Å². The molecule has 1 saturated heterocycles. The van der Waals surface area contributed by atoms with Gasteiger partial charge in [0.25, 0.3) is 0 Å². The lowest BCUT2D eigenvalue weighted by atomic mass is 9.98. The monoisotopic (exact) mass is 412 g/mol.